The molecule has 20 heavy (non-hydrogen) atoms. The number of rotatable bonds is 4. The maximum absolute atomic E-state index is 13.5. The van der Waals surface area contributed by atoms with Crippen molar-refractivity contribution in [2.45, 2.75) is 49.4 Å². The largest absolute Gasteiger partial charge is 0.432 e. The number of nitrogens with two attached hydrogens (primary N) is 1. The third-order valence-electron chi connectivity index (χ3n) is 3.46. The summed E-state index contributed by atoms with van der Waals surface area (Å²) in [6.45, 7) is -0.841. The minimum atomic E-state index is -3.04. The standard InChI is InChI=1S/C14H18F3NOS/c1-8-3-2-4-9(5-8)20-13-7-12(19-14(16)17)10(15)6-11(13)18/h6-9,14H,2-5,18H2,1H3. The Hall–Kier alpha value is -1.04. The molecule has 1 aliphatic carbocycles. The number of hydrogen-bond donors (Lipinski definition) is 1. The van der Waals surface area contributed by atoms with Crippen LogP contribution in [0.25, 0.3) is 0 Å². The van der Waals surface area contributed by atoms with Gasteiger partial charge in [-0.15, -0.1) is 11.8 Å². The van der Waals surface area contributed by atoms with Crippen LogP contribution in [0.4, 0.5) is 18.9 Å². The predicted molar refractivity (Wildman–Crippen MR) is 74.7 cm³/mol. The van der Waals surface area contributed by atoms with Gasteiger partial charge >= 0.3 is 6.61 Å². The van der Waals surface area contributed by atoms with Crippen molar-refractivity contribution in [3.05, 3.63) is 17.9 Å². The second kappa shape index (κ2) is 6.61. The van der Waals surface area contributed by atoms with Crippen LogP contribution >= 0.6 is 11.8 Å². The van der Waals surface area contributed by atoms with Crippen molar-refractivity contribution in [3.63, 3.8) is 0 Å². The van der Waals surface area contributed by atoms with E-state index in [1.54, 1.807) is 0 Å². The molecule has 2 unspecified atom stereocenters. The Morgan fingerprint density at radius 1 is 1.35 bits per heavy atom. The Kier molecular flexibility index (Phi) is 5.07. The molecule has 0 spiro atoms. The van der Waals surface area contributed by atoms with Gasteiger partial charge in [0.15, 0.2) is 11.6 Å². The lowest BCUT2D eigenvalue weighted by Gasteiger charge is -2.26. The van der Waals surface area contributed by atoms with Crippen LogP contribution in [0.5, 0.6) is 5.75 Å². The Morgan fingerprint density at radius 2 is 2.10 bits per heavy atom. The summed E-state index contributed by atoms with van der Waals surface area (Å²) in [5.41, 5.74) is 6.04. The minimum Gasteiger partial charge on any atom is -0.432 e. The van der Waals surface area contributed by atoms with E-state index in [1.807, 2.05) is 0 Å². The average molecular weight is 305 g/mol. The normalized spacial score (nSPS) is 23.1. The van der Waals surface area contributed by atoms with Crippen molar-refractivity contribution in [1.29, 1.82) is 0 Å². The molecule has 0 aliphatic heterocycles. The second-order valence-electron chi connectivity index (χ2n) is 5.21. The fourth-order valence-corrected chi connectivity index (χ4v) is 3.94. The van der Waals surface area contributed by atoms with Gasteiger partial charge in [0, 0.05) is 21.9 Å². The minimum absolute atomic E-state index is 0.271. The zero-order valence-electron chi connectivity index (χ0n) is 11.2. The van der Waals surface area contributed by atoms with Crippen molar-refractivity contribution >= 4 is 17.4 Å². The molecule has 0 amide bonds. The third kappa shape index (κ3) is 3.98. The molecule has 2 N–H and O–H groups in total. The fraction of sp³-hybridized carbons (Fsp3) is 0.571. The van der Waals surface area contributed by atoms with Crippen LogP contribution in [0.1, 0.15) is 32.6 Å². The summed E-state index contributed by atoms with van der Waals surface area (Å²) < 4.78 is 42.1. The fourth-order valence-electron chi connectivity index (χ4n) is 2.50. The van der Waals surface area contributed by atoms with Gasteiger partial charge < -0.3 is 10.5 Å². The molecule has 0 radical (unpaired) electrons. The van der Waals surface area contributed by atoms with Gasteiger partial charge in [0.1, 0.15) is 0 Å². The Balaban J connectivity index is 2.13. The molecule has 6 heteroatoms. The highest BCUT2D eigenvalue weighted by Gasteiger charge is 2.22. The number of ether oxygens (including phenoxy) is 1. The van der Waals surface area contributed by atoms with Crippen molar-refractivity contribution in [2.24, 2.45) is 5.92 Å². The van der Waals surface area contributed by atoms with E-state index in [0.717, 1.165) is 25.3 Å². The highest BCUT2D eigenvalue weighted by molar-refractivity contribution is 8.00. The molecule has 2 nitrogen and oxygen atoms in total. The van der Waals surface area contributed by atoms with Gasteiger partial charge in [0.2, 0.25) is 0 Å². The maximum atomic E-state index is 13.5. The van der Waals surface area contributed by atoms with Gasteiger partial charge in [-0.25, -0.2) is 4.39 Å². The van der Waals surface area contributed by atoms with E-state index in [4.69, 9.17) is 5.73 Å². The molecule has 0 heterocycles. The molecule has 1 aromatic carbocycles. The van der Waals surface area contributed by atoms with Crippen LogP contribution in [-0.4, -0.2) is 11.9 Å². The average Bonchev–Trinajstić information content (AvgIpc) is 2.34. The molecule has 2 atom stereocenters. The van der Waals surface area contributed by atoms with Crippen LogP contribution in [0.3, 0.4) is 0 Å². The first kappa shape index (κ1) is 15.4. The smallest absolute Gasteiger partial charge is 0.387 e. The summed E-state index contributed by atoms with van der Waals surface area (Å²) in [4.78, 5) is 0.612. The summed E-state index contributed by atoms with van der Waals surface area (Å²) in [5, 5.41) is 0.394. The predicted octanol–water partition coefficient (Wildman–Crippen LogP) is 4.68. The van der Waals surface area contributed by atoms with Gasteiger partial charge in [-0.05, 0) is 24.8 Å². The first-order valence-electron chi connectivity index (χ1n) is 6.66. The van der Waals surface area contributed by atoms with E-state index >= 15 is 0 Å². The van der Waals surface area contributed by atoms with E-state index in [2.05, 4.69) is 11.7 Å². The Bertz CT molecular complexity index is 470. The lowest BCUT2D eigenvalue weighted by atomic mass is 9.91. The van der Waals surface area contributed by atoms with E-state index in [1.165, 1.54) is 24.2 Å². The molecule has 0 aromatic heterocycles. The number of benzene rings is 1. The zero-order chi connectivity index (χ0) is 14.7. The lowest BCUT2D eigenvalue weighted by molar-refractivity contribution is -0.0523. The molecule has 1 saturated carbocycles. The summed E-state index contributed by atoms with van der Waals surface area (Å²) in [7, 11) is 0. The molecule has 1 fully saturated rings. The van der Waals surface area contributed by atoms with Crippen LogP contribution in [0.2, 0.25) is 0 Å². The first-order valence-corrected chi connectivity index (χ1v) is 7.54. The molecule has 1 aliphatic rings. The third-order valence-corrected chi connectivity index (χ3v) is 4.83. The van der Waals surface area contributed by atoms with Crippen LogP contribution < -0.4 is 10.5 Å². The van der Waals surface area contributed by atoms with Crippen molar-refractivity contribution in [1.82, 2.24) is 0 Å². The number of halogens is 3. The van der Waals surface area contributed by atoms with Gasteiger partial charge in [0.25, 0.3) is 0 Å². The van der Waals surface area contributed by atoms with E-state index in [9.17, 15) is 13.2 Å². The number of thioether (sulfide) groups is 1. The monoisotopic (exact) mass is 305 g/mol. The topological polar surface area (TPSA) is 35.2 Å². The Labute approximate surface area is 120 Å². The van der Waals surface area contributed by atoms with Crippen molar-refractivity contribution < 1.29 is 17.9 Å². The molecular weight excluding hydrogens is 287 g/mol. The molecule has 2 rings (SSSR count). The van der Waals surface area contributed by atoms with Gasteiger partial charge in [-0.2, -0.15) is 8.78 Å². The van der Waals surface area contributed by atoms with Gasteiger partial charge in [-0.3, -0.25) is 0 Å². The SMILES string of the molecule is CC1CCCC(Sc2cc(OC(F)F)c(F)cc2N)C1. The maximum Gasteiger partial charge on any atom is 0.387 e. The van der Waals surface area contributed by atoms with Crippen LogP contribution in [-0.2, 0) is 0 Å². The summed E-state index contributed by atoms with van der Waals surface area (Å²) in [5.74, 6) is -0.649. The molecule has 0 saturated heterocycles. The van der Waals surface area contributed by atoms with E-state index in [-0.39, 0.29) is 5.69 Å². The number of anilines is 1. The summed E-state index contributed by atoms with van der Waals surface area (Å²) in [6.07, 6.45) is 4.50. The van der Waals surface area contributed by atoms with E-state index < -0.39 is 18.2 Å². The van der Waals surface area contributed by atoms with Gasteiger partial charge in [0.05, 0.1) is 0 Å². The quantitative estimate of drug-likeness (QED) is 0.820. The number of alkyl halides is 2. The first-order chi connectivity index (χ1) is 9.45. The number of nitrogen functional groups attached to an aromatic ring is 1. The molecule has 112 valence electrons. The Morgan fingerprint density at radius 3 is 2.75 bits per heavy atom. The van der Waals surface area contributed by atoms with Crippen LogP contribution in [0.15, 0.2) is 17.0 Å². The molecule has 0 bridgehead atoms. The highest BCUT2D eigenvalue weighted by Crippen LogP contribution is 2.40. The zero-order valence-corrected chi connectivity index (χ0v) is 12.1. The van der Waals surface area contributed by atoms with Crippen LogP contribution in [0, 0.1) is 11.7 Å². The van der Waals surface area contributed by atoms with Gasteiger partial charge in [-0.1, -0.05) is 19.8 Å². The van der Waals surface area contributed by atoms with Crippen molar-refractivity contribution in [3.8, 4) is 5.75 Å². The summed E-state index contributed by atoms with van der Waals surface area (Å²) in [6, 6.07) is 2.33. The van der Waals surface area contributed by atoms with Crippen molar-refractivity contribution in [2.75, 3.05) is 5.73 Å². The second-order valence-corrected chi connectivity index (χ2v) is 6.55. The lowest BCUT2D eigenvalue weighted by Crippen LogP contribution is -2.15. The molecule has 1 aromatic rings. The van der Waals surface area contributed by atoms with E-state index in [0.29, 0.717) is 16.1 Å². The molecular formula is C14H18F3NOS. The summed E-state index contributed by atoms with van der Waals surface area (Å²) >= 11 is 1.53. The highest BCUT2D eigenvalue weighted by atomic mass is 32.2. The number of hydrogen-bond acceptors (Lipinski definition) is 3.